The van der Waals surface area contributed by atoms with Crippen LogP contribution in [0.25, 0.3) is 44.1 Å². The molecule has 2 aliphatic heterocycles. The van der Waals surface area contributed by atoms with Gasteiger partial charge in [0.1, 0.15) is 21.7 Å². The van der Waals surface area contributed by atoms with Crippen LogP contribution in [0.2, 0.25) is 0 Å². The van der Waals surface area contributed by atoms with E-state index in [0.29, 0.717) is 6.54 Å². The molecule has 0 radical (unpaired) electrons. The second-order valence-corrected chi connectivity index (χ2v) is 21.6. The van der Waals surface area contributed by atoms with Crippen molar-refractivity contribution in [2.75, 3.05) is 13.1 Å². The number of rotatable bonds is 7. The van der Waals surface area contributed by atoms with Crippen molar-refractivity contribution >= 4 is 62.1 Å². The summed E-state index contributed by atoms with van der Waals surface area (Å²) in [5, 5.41) is 13.7. The maximum atomic E-state index is 13.8. The number of likely N-dealkylation sites (tertiary alicyclic amines) is 2. The van der Waals surface area contributed by atoms with Gasteiger partial charge in [0.05, 0.1) is 29.5 Å². The first-order chi connectivity index (χ1) is 29.8. The van der Waals surface area contributed by atoms with Crippen LogP contribution in [0.15, 0.2) is 95.7 Å². The number of nitrogens with two attached hydrogens (primary N) is 1. The van der Waals surface area contributed by atoms with E-state index < -0.39 is 29.2 Å². The number of nitrogens with one attached hydrogen (secondary N) is 1. The molecule has 8 rings (SSSR count). The Morgan fingerprint density at radius 2 is 1.10 bits per heavy atom. The summed E-state index contributed by atoms with van der Waals surface area (Å²) in [5.74, 6) is -0.0512. The zero-order valence-electron chi connectivity index (χ0n) is 38.1. The second kappa shape index (κ2) is 18.5. The zero-order chi connectivity index (χ0) is 45.3. The predicted molar refractivity (Wildman–Crippen MR) is 258 cm³/mol. The van der Waals surface area contributed by atoms with Gasteiger partial charge in [-0.15, -0.1) is 22.7 Å². The van der Waals surface area contributed by atoms with Gasteiger partial charge >= 0.3 is 6.09 Å². The molecule has 12 heteroatoms. The molecule has 6 aromatic rings. The molecular formula is C51H62N6O4S2. The van der Waals surface area contributed by atoms with Crippen molar-refractivity contribution in [3.63, 3.8) is 0 Å². The number of amides is 3. The molecule has 0 unspecified atom stereocenters. The lowest BCUT2D eigenvalue weighted by Crippen LogP contribution is -2.55. The first-order valence-corrected chi connectivity index (χ1v) is 23.8. The van der Waals surface area contributed by atoms with E-state index in [1.165, 1.54) is 21.5 Å². The van der Waals surface area contributed by atoms with Crippen LogP contribution in [0.4, 0.5) is 4.79 Å². The standard InChI is InChI=1S/C28H35N3O3S.C23H27N3OS/c1-27(2,3)23(30-26(33)34-28(4,5)6)25(32)31-16-10-15-22(31)24-29-21(17-35-24)20-14-9-12-18-11-7-8-13-19(18)20;1-23(2,3)20(24)22(27)26-13-7-12-19(26)21-25-18(14-28-21)17-11-6-9-15-8-4-5-10-16(15)17/h7-9,11-14,17,22-23H,10,15-16H2,1-6H3,(H,30,33);4-6,8-11,14,19-20H,7,12-13,24H2,1-3H3/t22-,23+;19-,20+/m00/s1. The van der Waals surface area contributed by atoms with Crippen LogP contribution in [-0.2, 0) is 14.3 Å². The van der Waals surface area contributed by atoms with Gasteiger partial charge in [0.15, 0.2) is 0 Å². The number of ether oxygens (including phenoxy) is 1. The highest BCUT2D eigenvalue weighted by Crippen LogP contribution is 2.40. The molecule has 2 saturated heterocycles. The lowest BCUT2D eigenvalue weighted by Gasteiger charge is -2.35. The molecule has 3 N–H and O–H groups in total. The molecule has 4 heterocycles. The summed E-state index contributed by atoms with van der Waals surface area (Å²) in [5.41, 5.74) is 9.06. The summed E-state index contributed by atoms with van der Waals surface area (Å²) in [7, 11) is 0. The Balaban J connectivity index is 0.000000193. The third-order valence-electron chi connectivity index (χ3n) is 11.8. The molecule has 0 bridgehead atoms. The van der Waals surface area contributed by atoms with Gasteiger partial charge < -0.3 is 25.6 Å². The van der Waals surface area contributed by atoms with Crippen molar-refractivity contribution in [2.45, 2.75) is 118 Å². The number of carbonyl (C=O) groups excluding carboxylic acids is 3. The highest BCUT2D eigenvalue weighted by Gasteiger charge is 2.42. The van der Waals surface area contributed by atoms with Gasteiger partial charge in [-0.3, -0.25) is 9.59 Å². The van der Waals surface area contributed by atoms with Crippen LogP contribution in [0.5, 0.6) is 0 Å². The maximum absolute atomic E-state index is 13.8. The van der Waals surface area contributed by atoms with Crippen molar-refractivity contribution in [1.82, 2.24) is 25.1 Å². The van der Waals surface area contributed by atoms with Crippen LogP contribution < -0.4 is 11.1 Å². The molecule has 2 aliphatic rings. The largest absolute Gasteiger partial charge is 0.444 e. The third-order valence-corrected chi connectivity index (χ3v) is 13.7. The third kappa shape index (κ3) is 10.5. The molecule has 0 spiro atoms. The van der Waals surface area contributed by atoms with E-state index in [0.717, 1.165) is 64.8 Å². The van der Waals surface area contributed by atoms with Gasteiger partial charge in [-0.05, 0) is 78.8 Å². The average Bonchev–Trinajstić information content (AvgIpc) is 4.08. The summed E-state index contributed by atoms with van der Waals surface area (Å²) >= 11 is 3.24. The number of benzene rings is 4. The Labute approximate surface area is 380 Å². The summed E-state index contributed by atoms with van der Waals surface area (Å²) < 4.78 is 5.44. The lowest BCUT2D eigenvalue weighted by atomic mass is 9.85. The molecular weight excluding hydrogens is 825 g/mol. The van der Waals surface area contributed by atoms with Gasteiger partial charge in [0, 0.05) is 35.0 Å². The van der Waals surface area contributed by atoms with Crippen LogP contribution in [0.3, 0.4) is 0 Å². The number of carbonyl (C=O) groups is 3. The van der Waals surface area contributed by atoms with E-state index in [1.807, 2.05) is 84.2 Å². The fourth-order valence-corrected chi connectivity index (χ4v) is 10.3. The molecule has 4 atom stereocenters. The summed E-state index contributed by atoms with van der Waals surface area (Å²) in [6.45, 7) is 18.8. The van der Waals surface area contributed by atoms with Crippen molar-refractivity contribution < 1.29 is 19.1 Å². The molecule has 4 aromatic carbocycles. The molecule has 0 aliphatic carbocycles. The molecule has 2 aromatic heterocycles. The smallest absolute Gasteiger partial charge is 0.408 e. The molecule has 0 saturated carbocycles. The van der Waals surface area contributed by atoms with Crippen molar-refractivity contribution in [1.29, 1.82) is 0 Å². The van der Waals surface area contributed by atoms with Crippen LogP contribution in [-0.4, -0.2) is 68.4 Å². The predicted octanol–water partition coefficient (Wildman–Crippen LogP) is 11.6. The van der Waals surface area contributed by atoms with Crippen molar-refractivity contribution in [3.8, 4) is 22.5 Å². The Bertz CT molecular complexity index is 2570. The SMILES string of the molecule is CC(C)(C)OC(=O)N[C@H](C(=O)N1CCC[C@H]1c1nc(-c2cccc3ccccc23)cs1)C(C)(C)C.CC(C)(C)[C@H](N)C(=O)N1CCC[C@H]1c1nc(-c2cccc3ccccc23)cs1. The van der Waals surface area contributed by atoms with E-state index in [4.69, 9.17) is 20.4 Å². The van der Waals surface area contributed by atoms with E-state index in [1.54, 1.807) is 22.7 Å². The first kappa shape index (κ1) is 45.8. The van der Waals surface area contributed by atoms with Crippen LogP contribution in [0.1, 0.15) is 110 Å². The molecule has 3 amide bonds. The van der Waals surface area contributed by atoms with Crippen molar-refractivity contribution in [2.24, 2.45) is 16.6 Å². The topological polar surface area (TPSA) is 131 Å². The number of hydrogen-bond acceptors (Lipinski definition) is 9. The van der Waals surface area contributed by atoms with E-state index in [2.05, 4.69) is 88.9 Å². The number of fused-ring (bicyclic) bond motifs is 2. The van der Waals surface area contributed by atoms with Gasteiger partial charge in [-0.25, -0.2) is 14.8 Å². The van der Waals surface area contributed by atoms with E-state index >= 15 is 0 Å². The fraction of sp³-hybridized carbons (Fsp3) is 0.431. The monoisotopic (exact) mass is 886 g/mol. The number of hydrogen-bond donors (Lipinski definition) is 2. The van der Waals surface area contributed by atoms with Crippen molar-refractivity contribution in [3.05, 3.63) is 106 Å². The van der Waals surface area contributed by atoms with Gasteiger partial charge in [0.2, 0.25) is 11.8 Å². The zero-order valence-corrected chi connectivity index (χ0v) is 39.7. The molecule has 10 nitrogen and oxygen atoms in total. The quantitative estimate of drug-likeness (QED) is 0.163. The summed E-state index contributed by atoms with van der Waals surface area (Å²) in [4.78, 5) is 53.1. The van der Waals surface area contributed by atoms with Gasteiger partial charge in [-0.2, -0.15) is 0 Å². The Morgan fingerprint density at radius 3 is 1.54 bits per heavy atom. The number of nitrogens with zero attached hydrogens (tertiary/aromatic N) is 4. The maximum Gasteiger partial charge on any atom is 0.408 e. The summed E-state index contributed by atoms with van der Waals surface area (Å²) in [6, 6.07) is 28.0. The average molecular weight is 887 g/mol. The Kier molecular flexibility index (Phi) is 13.5. The summed E-state index contributed by atoms with van der Waals surface area (Å²) in [6.07, 6.45) is 3.14. The molecule has 63 heavy (non-hydrogen) atoms. The van der Waals surface area contributed by atoms with Crippen LogP contribution in [0, 0.1) is 10.8 Å². The minimum absolute atomic E-state index is 0.0367. The Morgan fingerprint density at radius 1 is 0.651 bits per heavy atom. The fourth-order valence-electron chi connectivity index (χ4n) is 8.39. The van der Waals surface area contributed by atoms with Gasteiger partial charge in [0.25, 0.3) is 0 Å². The van der Waals surface area contributed by atoms with Crippen LogP contribution >= 0.6 is 22.7 Å². The van der Waals surface area contributed by atoms with E-state index in [-0.39, 0.29) is 29.3 Å². The number of thiazole rings is 2. The molecule has 332 valence electrons. The van der Waals surface area contributed by atoms with E-state index in [9.17, 15) is 14.4 Å². The normalized spacial score (nSPS) is 17.9. The first-order valence-electron chi connectivity index (χ1n) is 22.0. The lowest BCUT2D eigenvalue weighted by molar-refractivity contribution is -0.137. The number of aromatic nitrogens is 2. The second-order valence-electron chi connectivity index (χ2n) is 19.9. The minimum atomic E-state index is -0.699. The van der Waals surface area contributed by atoms with Gasteiger partial charge in [-0.1, -0.05) is 126 Å². The minimum Gasteiger partial charge on any atom is -0.444 e. The Hall–Kier alpha value is -5.17. The highest BCUT2D eigenvalue weighted by atomic mass is 32.1. The number of alkyl carbamates (subject to hydrolysis) is 1. The molecule has 2 fully saturated rings. The highest BCUT2D eigenvalue weighted by molar-refractivity contribution is 7.10.